The van der Waals surface area contributed by atoms with Gasteiger partial charge in [0.2, 0.25) is 0 Å². The Balaban J connectivity index is 1.78. The first-order valence-corrected chi connectivity index (χ1v) is 7.75. The van der Waals surface area contributed by atoms with E-state index in [1.54, 1.807) is 10.9 Å². The van der Waals surface area contributed by atoms with Gasteiger partial charge in [-0.2, -0.15) is 5.10 Å². The summed E-state index contributed by atoms with van der Waals surface area (Å²) < 4.78 is 1.78. The van der Waals surface area contributed by atoms with E-state index in [9.17, 15) is 4.79 Å². The SMILES string of the molecule is Cc1ccccc1-n1cc(C(=O)N(C)C2CCNCC2)cn1. The maximum absolute atomic E-state index is 12.6. The molecule has 0 bridgehead atoms. The second-order valence-corrected chi connectivity index (χ2v) is 5.86. The Morgan fingerprint density at radius 1 is 1.32 bits per heavy atom. The summed E-state index contributed by atoms with van der Waals surface area (Å²) in [7, 11) is 1.89. The molecular weight excluding hydrogens is 276 g/mol. The molecule has 1 aliphatic heterocycles. The molecule has 0 unspecified atom stereocenters. The first kappa shape index (κ1) is 14.8. The minimum absolute atomic E-state index is 0.0479. The fourth-order valence-corrected chi connectivity index (χ4v) is 2.95. The third-order valence-electron chi connectivity index (χ3n) is 4.37. The second-order valence-electron chi connectivity index (χ2n) is 5.86. The topological polar surface area (TPSA) is 50.2 Å². The van der Waals surface area contributed by atoms with Crippen molar-refractivity contribution < 1.29 is 4.79 Å². The van der Waals surface area contributed by atoms with E-state index in [2.05, 4.69) is 10.4 Å². The van der Waals surface area contributed by atoms with E-state index < -0.39 is 0 Å². The number of hydrogen-bond donors (Lipinski definition) is 1. The maximum Gasteiger partial charge on any atom is 0.257 e. The van der Waals surface area contributed by atoms with Gasteiger partial charge in [0.25, 0.3) is 5.91 Å². The summed E-state index contributed by atoms with van der Waals surface area (Å²) in [5, 5.41) is 7.68. The molecule has 0 saturated carbocycles. The van der Waals surface area contributed by atoms with Crippen LogP contribution < -0.4 is 5.32 Å². The van der Waals surface area contributed by atoms with E-state index in [-0.39, 0.29) is 5.91 Å². The third-order valence-corrected chi connectivity index (χ3v) is 4.37. The van der Waals surface area contributed by atoms with Crippen molar-refractivity contribution in [3.05, 3.63) is 47.8 Å². The number of para-hydroxylation sites is 1. The summed E-state index contributed by atoms with van der Waals surface area (Å²) in [5.74, 6) is 0.0479. The van der Waals surface area contributed by atoms with E-state index >= 15 is 0 Å². The lowest BCUT2D eigenvalue weighted by molar-refractivity contribution is 0.0703. The van der Waals surface area contributed by atoms with Gasteiger partial charge in [-0.05, 0) is 44.5 Å². The van der Waals surface area contributed by atoms with Crippen LogP contribution in [0.15, 0.2) is 36.7 Å². The van der Waals surface area contributed by atoms with Crippen LogP contribution in [0.1, 0.15) is 28.8 Å². The van der Waals surface area contributed by atoms with Crippen molar-refractivity contribution in [2.45, 2.75) is 25.8 Å². The molecule has 2 heterocycles. The summed E-state index contributed by atoms with van der Waals surface area (Å²) in [6.45, 7) is 4.00. The number of carbonyl (C=O) groups excluding carboxylic acids is 1. The zero-order chi connectivity index (χ0) is 15.5. The lowest BCUT2D eigenvalue weighted by Crippen LogP contribution is -2.43. The normalized spacial score (nSPS) is 15.7. The molecule has 1 N–H and O–H groups in total. The predicted octanol–water partition coefficient (Wildman–Crippen LogP) is 2.00. The van der Waals surface area contributed by atoms with E-state index in [0.29, 0.717) is 11.6 Å². The smallest absolute Gasteiger partial charge is 0.257 e. The van der Waals surface area contributed by atoms with Gasteiger partial charge < -0.3 is 10.2 Å². The lowest BCUT2D eigenvalue weighted by Gasteiger charge is -2.31. The maximum atomic E-state index is 12.6. The Bertz CT molecular complexity index is 658. The zero-order valence-corrected chi connectivity index (χ0v) is 13.1. The number of benzene rings is 1. The van der Waals surface area contributed by atoms with Crippen molar-refractivity contribution in [1.29, 1.82) is 0 Å². The molecule has 1 aromatic heterocycles. The van der Waals surface area contributed by atoms with Crippen LogP contribution >= 0.6 is 0 Å². The van der Waals surface area contributed by atoms with Crippen LogP contribution in [-0.4, -0.2) is 46.8 Å². The summed E-state index contributed by atoms with van der Waals surface area (Å²) >= 11 is 0. The number of aryl methyl sites for hydroxylation is 1. The van der Waals surface area contributed by atoms with Crippen LogP contribution in [-0.2, 0) is 0 Å². The highest BCUT2D eigenvalue weighted by molar-refractivity contribution is 5.93. The molecule has 1 saturated heterocycles. The van der Waals surface area contributed by atoms with Crippen LogP contribution in [0.5, 0.6) is 0 Å². The molecule has 1 aliphatic rings. The van der Waals surface area contributed by atoms with Crippen molar-refractivity contribution in [3.8, 4) is 5.69 Å². The first-order chi connectivity index (χ1) is 10.7. The van der Waals surface area contributed by atoms with Gasteiger partial charge in [-0.3, -0.25) is 4.79 Å². The van der Waals surface area contributed by atoms with Gasteiger partial charge in [0.05, 0.1) is 17.4 Å². The average Bonchev–Trinajstić information content (AvgIpc) is 3.04. The number of rotatable bonds is 3. The number of hydrogen-bond acceptors (Lipinski definition) is 3. The van der Waals surface area contributed by atoms with Gasteiger partial charge in [-0.15, -0.1) is 0 Å². The van der Waals surface area contributed by atoms with Crippen LogP contribution in [0.2, 0.25) is 0 Å². The molecule has 1 aromatic carbocycles. The molecule has 2 aromatic rings. The Morgan fingerprint density at radius 3 is 2.77 bits per heavy atom. The largest absolute Gasteiger partial charge is 0.339 e. The fraction of sp³-hybridized carbons (Fsp3) is 0.412. The molecule has 1 fully saturated rings. The van der Waals surface area contributed by atoms with Gasteiger partial charge >= 0.3 is 0 Å². The summed E-state index contributed by atoms with van der Waals surface area (Å²) in [6, 6.07) is 8.34. The number of piperidine rings is 1. The molecule has 5 nitrogen and oxygen atoms in total. The Morgan fingerprint density at radius 2 is 2.05 bits per heavy atom. The second kappa shape index (κ2) is 6.32. The fourth-order valence-electron chi connectivity index (χ4n) is 2.95. The quantitative estimate of drug-likeness (QED) is 0.943. The molecule has 0 aliphatic carbocycles. The number of aromatic nitrogens is 2. The number of amides is 1. The van der Waals surface area contributed by atoms with Crippen molar-refractivity contribution in [2.24, 2.45) is 0 Å². The van der Waals surface area contributed by atoms with E-state index in [0.717, 1.165) is 37.2 Å². The number of nitrogens with one attached hydrogen (secondary N) is 1. The number of nitrogens with zero attached hydrogens (tertiary/aromatic N) is 3. The van der Waals surface area contributed by atoms with Gasteiger partial charge in [-0.25, -0.2) is 4.68 Å². The van der Waals surface area contributed by atoms with E-state index in [4.69, 9.17) is 0 Å². The van der Waals surface area contributed by atoms with E-state index in [1.165, 1.54) is 0 Å². The third kappa shape index (κ3) is 2.90. The zero-order valence-electron chi connectivity index (χ0n) is 13.1. The molecule has 3 rings (SSSR count). The Hall–Kier alpha value is -2.14. The highest BCUT2D eigenvalue weighted by atomic mass is 16.2. The van der Waals surface area contributed by atoms with Gasteiger partial charge in [0, 0.05) is 19.3 Å². The van der Waals surface area contributed by atoms with Crippen LogP contribution in [0.25, 0.3) is 5.69 Å². The molecular formula is C17H22N4O. The minimum atomic E-state index is 0.0479. The summed E-state index contributed by atoms with van der Waals surface area (Å²) in [4.78, 5) is 14.5. The molecule has 1 amide bonds. The molecule has 0 radical (unpaired) electrons. The minimum Gasteiger partial charge on any atom is -0.339 e. The van der Waals surface area contributed by atoms with Crippen molar-refractivity contribution >= 4 is 5.91 Å². The highest BCUT2D eigenvalue weighted by Gasteiger charge is 2.23. The van der Waals surface area contributed by atoms with Crippen LogP contribution in [0.3, 0.4) is 0 Å². The van der Waals surface area contributed by atoms with Crippen molar-refractivity contribution in [1.82, 2.24) is 20.0 Å². The molecule has 0 atom stereocenters. The monoisotopic (exact) mass is 298 g/mol. The summed E-state index contributed by atoms with van der Waals surface area (Å²) in [5.41, 5.74) is 2.78. The molecule has 22 heavy (non-hydrogen) atoms. The molecule has 116 valence electrons. The van der Waals surface area contributed by atoms with Gasteiger partial charge in [0.15, 0.2) is 0 Å². The highest BCUT2D eigenvalue weighted by Crippen LogP contribution is 2.16. The Kier molecular flexibility index (Phi) is 4.24. The van der Waals surface area contributed by atoms with E-state index in [1.807, 2.05) is 49.3 Å². The van der Waals surface area contributed by atoms with Gasteiger partial charge in [-0.1, -0.05) is 18.2 Å². The number of carbonyl (C=O) groups is 1. The van der Waals surface area contributed by atoms with Crippen LogP contribution in [0.4, 0.5) is 0 Å². The predicted molar refractivity (Wildman–Crippen MR) is 86.3 cm³/mol. The lowest BCUT2D eigenvalue weighted by atomic mass is 10.0. The standard InChI is InChI=1S/C17H22N4O/c1-13-5-3-4-6-16(13)21-12-14(11-19-21)17(22)20(2)15-7-9-18-10-8-15/h3-6,11-12,15,18H,7-10H2,1-2H3. The average molecular weight is 298 g/mol. The van der Waals surface area contributed by atoms with Gasteiger partial charge in [0.1, 0.15) is 0 Å². The molecule has 0 spiro atoms. The Labute approximate surface area is 130 Å². The van der Waals surface area contributed by atoms with Crippen LogP contribution in [0, 0.1) is 6.92 Å². The molecule has 5 heteroatoms. The summed E-state index contributed by atoms with van der Waals surface area (Å²) in [6.07, 6.45) is 5.50. The van der Waals surface area contributed by atoms with Crippen molar-refractivity contribution in [3.63, 3.8) is 0 Å². The van der Waals surface area contributed by atoms with Crippen molar-refractivity contribution in [2.75, 3.05) is 20.1 Å². The first-order valence-electron chi connectivity index (χ1n) is 7.75.